The summed E-state index contributed by atoms with van der Waals surface area (Å²) in [6.07, 6.45) is -6.40. The van der Waals surface area contributed by atoms with E-state index in [2.05, 4.69) is 5.32 Å². The molecular formula is C46H77N3O15. The molecule has 5 aliphatic heterocycles. The number of ketones is 1. The van der Waals surface area contributed by atoms with Gasteiger partial charge in [0.2, 0.25) is 5.91 Å². The molecule has 0 aromatic carbocycles. The van der Waals surface area contributed by atoms with E-state index in [9.17, 15) is 24.0 Å². The van der Waals surface area contributed by atoms with Crippen LogP contribution >= 0.6 is 0 Å². The number of ether oxygens (including phenoxy) is 10. The monoisotopic (exact) mass is 912 g/mol. The number of nitrogens with zero attached hydrogens (tertiary/aromatic N) is 2. The number of amides is 2. The lowest BCUT2D eigenvalue weighted by Gasteiger charge is -2.50. The third-order valence-corrected chi connectivity index (χ3v) is 15.0. The third-order valence-electron chi connectivity index (χ3n) is 15.0. The van der Waals surface area contributed by atoms with Crippen LogP contribution in [0.1, 0.15) is 109 Å². The molecule has 5 rings (SSSR count). The van der Waals surface area contributed by atoms with Gasteiger partial charge in [0.25, 0.3) is 0 Å². The van der Waals surface area contributed by atoms with Gasteiger partial charge in [-0.15, -0.1) is 0 Å². The van der Waals surface area contributed by atoms with Crippen molar-refractivity contribution in [3.8, 4) is 0 Å². The number of fused-ring (bicyclic) bond motifs is 1. The fourth-order valence-electron chi connectivity index (χ4n) is 11.2. The number of epoxide rings is 1. The molecule has 0 aromatic heterocycles. The maximum absolute atomic E-state index is 14.9. The van der Waals surface area contributed by atoms with Gasteiger partial charge in [0, 0.05) is 51.9 Å². The average molecular weight is 912 g/mol. The Morgan fingerprint density at radius 2 is 1.56 bits per heavy atom. The van der Waals surface area contributed by atoms with Crippen LogP contribution in [0.25, 0.3) is 0 Å². The first-order chi connectivity index (χ1) is 29.9. The topological polar surface area (TPSA) is 199 Å². The highest BCUT2D eigenvalue weighted by molar-refractivity contribution is 5.87. The first-order valence-electron chi connectivity index (χ1n) is 23.1. The summed E-state index contributed by atoms with van der Waals surface area (Å²) in [5.74, 6) is -5.25. The van der Waals surface area contributed by atoms with E-state index in [0.29, 0.717) is 19.6 Å². The van der Waals surface area contributed by atoms with Gasteiger partial charge in [-0.25, -0.2) is 4.79 Å². The van der Waals surface area contributed by atoms with Gasteiger partial charge >= 0.3 is 18.0 Å². The van der Waals surface area contributed by atoms with Crippen LogP contribution in [0, 0.1) is 23.7 Å². The van der Waals surface area contributed by atoms with Gasteiger partial charge in [-0.3, -0.25) is 24.1 Å². The molecule has 366 valence electrons. The van der Waals surface area contributed by atoms with Crippen molar-refractivity contribution in [2.75, 3.05) is 48.0 Å². The van der Waals surface area contributed by atoms with Crippen molar-refractivity contribution < 1.29 is 71.3 Å². The van der Waals surface area contributed by atoms with Gasteiger partial charge < -0.3 is 57.6 Å². The molecule has 5 saturated heterocycles. The zero-order valence-electron chi connectivity index (χ0n) is 41.1. The SMILES string of the molecule is CCNC(=O)CN1C(=O)O[C@]2(C)[C@@H](CC)OC(=O)[C@H](C)[C@@H](O[C@H]3C[C@@](C)(OC)[C@@]4(CO4)[C@H](C)O3)[C@H](C)[C@@H](O[C@@H]3O[C@H](C)C[C@H](N(C)C)[C@H]3OC(C)=O)[C@@](C)(OC)C[C@@H](C)C(=O)[C@H](C)[C@@H]12. The normalized spacial score (nSPS) is 44.5. The van der Waals surface area contributed by atoms with Gasteiger partial charge in [-0.1, -0.05) is 27.7 Å². The highest BCUT2D eigenvalue weighted by Crippen LogP contribution is 2.52. The lowest BCUT2D eigenvalue weighted by Crippen LogP contribution is -2.62. The van der Waals surface area contributed by atoms with Crippen LogP contribution in [0.15, 0.2) is 0 Å². The average Bonchev–Trinajstić information content (AvgIpc) is 4.00. The molecule has 5 fully saturated rings. The Morgan fingerprint density at radius 3 is 2.11 bits per heavy atom. The molecule has 2 amide bonds. The van der Waals surface area contributed by atoms with E-state index < -0.39 is 119 Å². The maximum atomic E-state index is 14.9. The fourth-order valence-corrected chi connectivity index (χ4v) is 11.2. The largest absolute Gasteiger partial charge is 0.458 e. The fraction of sp³-hybridized carbons (Fsp3) is 0.891. The molecule has 0 saturated carbocycles. The molecule has 64 heavy (non-hydrogen) atoms. The molecule has 1 spiro atoms. The predicted molar refractivity (Wildman–Crippen MR) is 231 cm³/mol. The van der Waals surface area contributed by atoms with Crippen molar-refractivity contribution in [2.45, 2.75) is 192 Å². The molecule has 18 atom stereocenters. The van der Waals surface area contributed by atoms with Crippen molar-refractivity contribution >= 4 is 29.7 Å². The number of likely N-dealkylation sites (N-methyl/N-ethyl adjacent to an activating group) is 2. The van der Waals surface area contributed by atoms with Gasteiger partial charge in [-0.05, 0) is 81.8 Å². The Balaban J connectivity index is 1.67. The molecule has 0 aromatic rings. The summed E-state index contributed by atoms with van der Waals surface area (Å²) in [7, 11) is 6.95. The maximum Gasteiger partial charge on any atom is 0.411 e. The van der Waals surface area contributed by atoms with Gasteiger partial charge in [0.1, 0.15) is 29.6 Å². The molecule has 18 nitrogen and oxygen atoms in total. The quantitative estimate of drug-likeness (QED) is 0.167. The third kappa shape index (κ3) is 9.99. The number of nitrogens with one attached hydrogen (secondary N) is 1. The Bertz CT molecular complexity index is 1700. The van der Waals surface area contributed by atoms with Gasteiger partial charge in [-0.2, -0.15) is 0 Å². The molecule has 1 N–H and O–H groups in total. The van der Waals surface area contributed by atoms with Crippen molar-refractivity contribution in [3.63, 3.8) is 0 Å². The predicted octanol–water partition coefficient (Wildman–Crippen LogP) is 4.02. The second kappa shape index (κ2) is 20.1. The highest BCUT2D eigenvalue weighted by Gasteiger charge is 2.68. The van der Waals surface area contributed by atoms with Crippen LogP contribution in [-0.4, -0.2) is 171 Å². The second-order valence-corrected chi connectivity index (χ2v) is 19.7. The summed E-state index contributed by atoms with van der Waals surface area (Å²) >= 11 is 0. The number of carbonyl (C=O) groups excluding carboxylic acids is 5. The first kappa shape index (κ1) is 52.0. The van der Waals surface area contributed by atoms with Crippen LogP contribution in [0.5, 0.6) is 0 Å². The molecule has 0 radical (unpaired) electrons. The summed E-state index contributed by atoms with van der Waals surface area (Å²) in [5, 5.41) is 2.73. The summed E-state index contributed by atoms with van der Waals surface area (Å²) in [6, 6.07) is -1.30. The van der Waals surface area contributed by atoms with Crippen LogP contribution < -0.4 is 5.32 Å². The Kier molecular flexibility index (Phi) is 16.3. The molecule has 0 unspecified atom stereocenters. The molecular weight excluding hydrogens is 835 g/mol. The molecule has 5 heterocycles. The van der Waals surface area contributed by atoms with Gasteiger partial charge in [0.05, 0.1) is 54.6 Å². The Labute approximate surface area is 379 Å². The van der Waals surface area contributed by atoms with Crippen LogP contribution in [0.3, 0.4) is 0 Å². The number of methoxy groups -OCH3 is 2. The molecule has 18 heteroatoms. The highest BCUT2D eigenvalue weighted by atomic mass is 16.7. The zero-order chi connectivity index (χ0) is 47.9. The van der Waals surface area contributed by atoms with Crippen LogP contribution in [-0.2, 0) is 66.5 Å². The van der Waals surface area contributed by atoms with E-state index in [0.717, 1.165) is 0 Å². The van der Waals surface area contributed by atoms with E-state index in [1.165, 1.54) is 18.9 Å². The minimum atomic E-state index is -1.55. The molecule has 0 aliphatic carbocycles. The Hall–Kier alpha value is -2.97. The van der Waals surface area contributed by atoms with Crippen molar-refractivity contribution in [1.82, 2.24) is 15.1 Å². The van der Waals surface area contributed by atoms with E-state index in [1.54, 1.807) is 48.7 Å². The number of hydrogen-bond acceptors (Lipinski definition) is 16. The van der Waals surface area contributed by atoms with Crippen molar-refractivity contribution in [3.05, 3.63) is 0 Å². The number of esters is 2. The minimum Gasteiger partial charge on any atom is -0.458 e. The smallest absolute Gasteiger partial charge is 0.411 e. The van der Waals surface area contributed by atoms with E-state index in [-0.39, 0.29) is 43.7 Å². The standard InChI is InChI=1S/C46H77N3O15/c1-17-32-45(12)38(49(42(54)64-45)22-33(51)47-18-2)26(5)35(52)24(3)20-43(10,55-15)39(63-41-37(60-30(9)50)31(48(13)14)19-25(4)58-41)27(6)36(28(7)40(53)61-32)62-34-21-44(11,56-16)46(23-57-46)29(8)59-34/h24-29,31-32,34,36-39,41H,17-23H2,1-16H3,(H,47,51)/t24-,25-,26+,27+,28-,29+,31+,32-,34+,36+,37-,38-,39-,41+,43+,44-,45-,46-/m1/s1. The number of Topliss-reactive ketones (excluding diaryl/α,β-unsaturated/α-hetero) is 1. The number of carbonyl (C=O) groups is 5. The second-order valence-electron chi connectivity index (χ2n) is 19.7. The van der Waals surface area contributed by atoms with Crippen molar-refractivity contribution in [2.24, 2.45) is 23.7 Å². The number of cyclic esters (lactones) is 1. The number of rotatable bonds is 12. The van der Waals surface area contributed by atoms with E-state index in [4.69, 9.17) is 47.4 Å². The molecule has 0 bridgehead atoms. The van der Waals surface area contributed by atoms with E-state index >= 15 is 0 Å². The van der Waals surface area contributed by atoms with Crippen LogP contribution in [0.4, 0.5) is 4.79 Å². The summed E-state index contributed by atoms with van der Waals surface area (Å²) in [6.45, 7) is 21.7. The van der Waals surface area contributed by atoms with Crippen LogP contribution in [0.2, 0.25) is 0 Å². The Morgan fingerprint density at radius 1 is 0.906 bits per heavy atom. The summed E-state index contributed by atoms with van der Waals surface area (Å²) < 4.78 is 64.2. The zero-order valence-corrected chi connectivity index (χ0v) is 41.1. The summed E-state index contributed by atoms with van der Waals surface area (Å²) in [4.78, 5) is 72.7. The lowest BCUT2D eigenvalue weighted by atomic mass is 9.73. The molecule has 5 aliphatic rings. The first-order valence-corrected chi connectivity index (χ1v) is 23.1. The van der Waals surface area contributed by atoms with E-state index in [1.807, 2.05) is 53.6 Å². The van der Waals surface area contributed by atoms with Gasteiger partial charge in [0.15, 0.2) is 24.3 Å². The van der Waals surface area contributed by atoms with Crippen molar-refractivity contribution in [1.29, 1.82) is 0 Å². The minimum absolute atomic E-state index is 0.0924. The number of hydrogen-bond donors (Lipinski definition) is 1. The lowest BCUT2D eigenvalue weighted by molar-refractivity contribution is -0.317. The summed E-state index contributed by atoms with van der Waals surface area (Å²) in [5.41, 5.74) is -4.33.